The van der Waals surface area contributed by atoms with Gasteiger partial charge in [-0.25, -0.2) is 17.9 Å². The first-order valence-electron chi connectivity index (χ1n) is 8.95. The van der Waals surface area contributed by atoms with Crippen LogP contribution in [0.4, 0.5) is 0 Å². The zero-order chi connectivity index (χ0) is 20.9. The van der Waals surface area contributed by atoms with Gasteiger partial charge in [-0.15, -0.1) is 0 Å². The van der Waals surface area contributed by atoms with Gasteiger partial charge in [0, 0.05) is 26.2 Å². The van der Waals surface area contributed by atoms with Gasteiger partial charge < -0.3 is 14.4 Å². The molecular weight excluding hydrogens is 408 g/mol. The van der Waals surface area contributed by atoms with E-state index in [1.165, 1.54) is 17.0 Å². The van der Waals surface area contributed by atoms with Crippen molar-refractivity contribution in [3.63, 3.8) is 0 Å². The summed E-state index contributed by atoms with van der Waals surface area (Å²) >= 11 is 6.02. The molecule has 1 aliphatic rings. The molecule has 0 spiro atoms. The molecule has 1 fully saturated rings. The van der Waals surface area contributed by atoms with Gasteiger partial charge in [-0.3, -0.25) is 4.79 Å². The molecule has 1 unspecified atom stereocenters. The highest BCUT2D eigenvalue weighted by molar-refractivity contribution is 7.89. The molecule has 0 bridgehead atoms. The smallest absolute Gasteiger partial charge is 0.338 e. The summed E-state index contributed by atoms with van der Waals surface area (Å²) in [5, 5.41) is -0.0213. The number of nitrogens with one attached hydrogen (secondary N) is 1. The minimum atomic E-state index is -3.94. The van der Waals surface area contributed by atoms with E-state index in [9.17, 15) is 18.0 Å². The van der Waals surface area contributed by atoms with Crippen LogP contribution in [-0.2, 0) is 24.3 Å². The van der Waals surface area contributed by atoms with Crippen molar-refractivity contribution < 1.29 is 27.5 Å². The number of likely N-dealkylation sites (N-methyl/N-ethyl adjacent to an activating group) is 1. The molecule has 8 nitrogen and oxygen atoms in total. The molecule has 2 rings (SSSR count). The molecule has 0 radical (unpaired) electrons. The third-order valence-electron chi connectivity index (χ3n) is 4.48. The molecule has 1 amide bonds. The summed E-state index contributed by atoms with van der Waals surface area (Å²) in [7, 11) is -2.33. The van der Waals surface area contributed by atoms with Crippen LogP contribution < -0.4 is 4.72 Å². The summed E-state index contributed by atoms with van der Waals surface area (Å²) in [5.41, 5.74) is -0.0121. The van der Waals surface area contributed by atoms with E-state index < -0.39 is 22.6 Å². The van der Waals surface area contributed by atoms with Crippen molar-refractivity contribution in [2.24, 2.45) is 0 Å². The molecule has 1 aromatic rings. The first-order chi connectivity index (χ1) is 13.1. The Hall–Kier alpha value is -1.68. The van der Waals surface area contributed by atoms with Crippen LogP contribution in [0.3, 0.4) is 0 Å². The fraction of sp³-hybridized carbons (Fsp3) is 0.556. The van der Waals surface area contributed by atoms with Crippen LogP contribution >= 0.6 is 11.6 Å². The quantitative estimate of drug-likeness (QED) is 0.628. The van der Waals surface area contributed by atoms with Crippen LogP contribution in [-0.4, -0.2) is 64.1 Å². The second kappa shape index (κ2) is 9.69. The molecular formula is C18H25ClN2O6S. The molecule has 28 heavy (non-hydrogen) atoms. The Bertz CT molecular complexity index is 821. The summed E-state index contributed by atoms with van der Waals surface area (Å²) < 4.78 is 38.0. The number of hydrogen-bond acceptors (Lipinski definition) is 6. The van der Waals surface area contributed by atoms with Crippen molar-refractivity contribution in [3.05, 3.63) is 28.8 Å². The fourth-order valence-electron chi connectivity index (χ4n) is 2.52. The lowest BCUT2D eigenvalue weighted by atomic mass is 10.2. The van der Waals surface area contributed by atoms with Gasteiger partial charge in [0.1, 0.15) is 4.90 Å². The number of ether oxygens (including phenoxy) is 2. The molecule has 0 saturated carbocycles. The third kappa shape index (κ3) is 5.91. The lowest BCUT2D eigenvalue weighted by Gasteiger charge is -2.21. The van der Waals surface area contributed by atoms with Crippen molar-refractivity contribution in [2.75, 3.05) is 26.8 Å². The van der Waals surface area contributed by atoms with Crippen LogP contribution in [0.1, 0.15) is 37.0 Å². The molecule has 1 N–H and O–H groups in total. The van der Waals surface area contributed by atoms with E-state index >= 15 is 0 Å². The van der Waals surface area contributed by atoms with E-state index in [1.807, 2.05) is 13.8 Å². The monoisotopic (exact) mass is 432 g/mol. The van der Waals surface area contributed by atoms with E-state index in [1.54, 1.807) is 7.05 Å². The molecule has 1 atom stereocenters. The number of amides is 1. The van der Waals surface area contributed by atoms with E-state index in [2.05, 4.69) is 4.72 Å². The normalized spacial score (nSPS) is 17.0. The van der Waals surface area contributed by atoms with Gasteiger partial charge >= 0.3 is 5.97 Å². The van der Waals surface area contributed by atoms with Crippen molar-refractivity contribution >= 4 is 33.5 Å². The summed E-state index contributed by atoms with van der Waals surface area (Å²) in [6.45, 7) is 3.97. The predicted molar refractivity (Wildman–Crippen MR) is 104 cm³/mol. The minimum Gasteiger partial charge on any atom is -0.452 e. The number of nitrogens with zero attached hydrogens (tertiary/aromatic N) is 1. The number of sulfonamides is 1. The summed E-state index contributed by atoms with van der Waals surface area (Å²) in [6, 6.07) is 3.76. The third-order valence-corrected chi connectivity index (χ3v) is 6.38. The second-order valence-electron chi connectivity index (χ2n) is 6.81. The summed E-state index contributed by atoms with van der Waals surface area (Å²) in [6.07, 6.45) is 1.49. The largest absolute Gasteiger partial charge is 0.452 e. The Labute approximate surface area is 170 Å². The molecule has 156 valence electrons. The maximum absolute atomic E-state index is 12.6. The Balaban J connectivity index is 2.06. The van der Waals surface area contributed by atoms with Gasteiger partial charge in [-0.2, -0.15) is 0 Å². The van der Waals surface area contributed by atoms with Gasteiger partial charge in [0.2, 0.25) is 10.0 Å². The number of rotatable bonds is 8. The van der Waals surface area contributed by atoms with Crippen LogP contribution in [0, 0.1) is 0 Å². The molecule has 1 aliphatic heterocycles. The highest BCUT2D eigenvalue weighted by atomic mass is 35.5. The van der Waals surface area contributed by atoms with Crippen LogP contribution in [0.5, 0.6) is 0 Å². The number of halogens is 1. The predicted octanol–water partition coefficient (Wildman–Crippen LogP) is 1.82. The zero-order valence-corrected chi connectivity index (χ0v) is 17.7. The van der Waals surface area contributed by atoms with Crippen LogP contribution in [0.2, 0.25) is 5.02 Å². The van der Waals surface area contributed by atoms with Crippen LogP contribution in [0.25, 0.3) is 0 Å². The molecule has 0 aliphatic carbocycles. The second-order valence-corrected chi connectivity index (χ2v) is 8.95. The lowest BCUT2D eigenvalue weighted by molar-refractivity contribution is -0.134. The number of esters is 1. The van der Waals surface area contributed by atoms with E-state index in [4.69, 9.17) is 21.1 Å². The molecule has 10 heteroatoms. The van der Waals surface area contributed by atoms with Crippen molar-refractivity contribution in [3.8, 4) is 0 Å². The standard InChI is InChI=1S/C18H25ClN2O6S/c1-12(2)21(3)17(22)11-27-18(23)13-6-7-15(19)16(9-13)28(24,25)20-10-14-5-4-8-26-14/h6-7,9,12,14,20H,4-5,8,10-11H2,1-3H3. The first kappa shape index (κ1) is 22.6. The first-order valence-corrected chi connectivity index (χ1v) is 10.8. The Kier molecular flexibility index (Phi) is 7.82. The van der Waals surface area contributed by atoms with E-state index in [0.717, 1.165) is 18.9 Å². The maximum Gasteiger partial charge on any atom is 0.338 e. The Morgan fingerprint density at radius 1 is 1.39 bits per heavy atom. The van der Waals surface area contributed by atoms with Gasteiger partial charge in [-0.1, -0.05) is 11.6 Å². The lowest BCUT2D eigenvalue weighted by Crippen LogP contribution is -2.36. The topological polar surface area (TPSA) is 102 Å². The van der Waals surface area contributed by atoms with E-state index in [0.29, 0.717) is 6.61 Å². The average Bonchev–Trinajstić information content (AvgIpc) is 3.17. The fourth-order valence-corrected chi connectivity index (χ4v) is 4.11. The summed E-state index contributed by atoms with van der Waals surface area (Å²) in [4.78, 5) is 25.4. The van der Waals surface area contributed by atoms with Gasteiger partial charge in [0.05, 0.1) is 16.7 Å². The molecule has 1 heterocycles. The van der Waals surface area contributed by atoms with Crippen molar-refractivity contribution in [1.82, 2.24) is 9.62 Å². The number of carbonyl (C=O) groups excluding carboxylic acids is 2. The molecule has 0 aromatic heterocycles. The highest BCUT2D eigenvalue weighted by Crippen LogP contribution is 2.23. The average molecular weight is 433 g/mol. The Morgan fingerprint density at radius 2 is 2.11 bits per heavy atom. The molecule has 1 saturated heterocycles. The number of benzene rings is 1. The minimum absolute atomic E-state index is 0.0121. The highest BCUT2D eigenvalue weighted by Gasteiger charge is 2.24. The van der Waals surface area contributed by atoms with E-state index in [-0.39, 0.29) is 40.1 Å². The SMILES string of the molecule is CC(C)N(C)C(=O)COC(=O)c1ccc(Cl)c(S(=O)(=O)NCC2CCCO2)c1. The van der Waals surface area contributed by atoms with Crippen LogP contribution in [0.15, 0.2) is 23.1 Å². The van der Waals surface area contributed by atoms with Gasteiger partial charge in [-0.05, 0) is 44.9 Å². The van der Waals surface area contributed by atoms with Gasteiger partial charge in [0.15, 0.2) is 6.61 Å². The summed E-state index contributed by atoms with van der Waals surface area (Å²) in [5.74, 6) is -1.17. The molecule has 1 aromatic carbocycles. The van der Waals surface area contributed by atoms with Crippen molar-refractivity contribution in [2.45, 2.75) is 43.7 Å². The van der Waals surface area contributed by atoms with Crippen molar-refractivity contribution in [1.29, 1.82) is 0 Å². The number of hydrogen-bond donors (Lipinski definition) is 1. The maximum atomic E-state index is 12.6. The zero-order valence-electron chi connectivity index (χ0n) is 16.1. The number of carbonyl (C=O) groups is 2. The Morgan fingerprint density at radius 3 is 2.71 bits per heavy atom. The van der Waals surface area contributed by atoms with Gasteiger partial charge in [0.25, 0.3) is 5.91 Å².